The number of esters is 1. The average molecular weight is 332 g/mol. The number of hydrogen-bond donors (Lipinski definition) is 0. The third kappa shape index (κ3) is 5.85. The van der Waals surface area contributed by atoms with Crippen LogP contribution in [0, 0.1) is 0 Å². The standard InChI is InChI=1S/C21H32O3/c1-3-5-6-7-8-9-10-19-15-16-20(21(22)24-19)17-11-13-18(14-12-17)23-4-2/h11-14,19-20H,3-10,15-16H2,1-2H3. The van der Waals surface area contributed by atoms with Crippen LogP contribution in [-0.4, -0.2) is 18.7 Å². The van der Waals surface area contributed by atoms with Crippen LogP contribution < -0.4 is 4.74 Å². The molecule has 3 heteroatoms. The lowest BCUT2D eigenvalue weighted by Gasteiger charge is -2.28. The first-order chi connectivity index (χ1) is 11.7. The van der Waals surface area contributed by atoms with Gasteiger partial charge < -0.3 is 9.47 Å². The highest BCUT2D eigenvalue weighted by Gasteiger charge is 2.30. The Balaban J connectivity index is 1.73. The highest BCUT2D eigenvalue weighted by Crippen LogP contribution is 2.32. The average Bonchev–Trinajstić information content (AvgIpc) is 2.59. The molecule has 1 aliphatic rings. The number of carbonyl (C=O) groups is 1. The minimum atomic E-state index is -0.110. The molecule has 0 radical (unpaired) electrons. The van der Waals surface area contributed by atoms with E-state index >= 15 is 0 Å². The smallest absolute Gasteiger partial charge is 0.313 e. The van der Waals surface area contributed by atoms with E-state index in [2.05, 4.69) is 6.92 Å². The van der Waals surface area contributed by atoms with Crippen molar-refractivity contribution >= 4 is 5.97 Å². The van der Waals surface area contributed by atoms with Crippen LogP contribution in [0.5, 0.6) is 5.75 Å². The Morgan fingerprint density at radius 2 is 1.71 bits per heavy atom. The van der Waals surface area contributed by atoms with Gasteiger partial charge in [-0.05, 0) is 50.3 Å². The Kier molecular flexibility index (Phi) is 8.14. The predicted octanol–water partition coefficient (Wildman–Crippen LogP) is 5.63. The van der Waals surface area contributed by atoms with Crippen molar-refractivity contribution in [2.75, 3.05) is 6.61 Å². The van der Waals surface area contributed by atoms with Crippen molar-refractivity contribution in [3.63, 3.8) is 0 Å². The van der Waals surface area contributed by atoms with Crippen molar-refractivity contribution in [3.8, 4) is 5.75 Å². The van der Waals surface area contributed by atoms with E-state index in [0.29, 0.717) is 6.61 Å². The van der Waals surface area contributed by atoms with Gasteiger partial charge in [0.05, 0.1) is 12.5 Å². The van der Waals surface area contributed by atoms with Crippen molar-refractivity contribution in [1.29, 1.82) is 0 Å². The van der Waals surface area contributed by atoms with Gasteiger partial charge in [-0.15, -0.1) is 0 Å². The molecule has 0 bridgehead atoms. The largest absolute Gasteiger partial charge is 0.494 e. The van der Waals surface area contributed by atoms with E-state index in [9.17, 15) is 4.79 Å². The summed E-state index contributed by atoms with van der Waals surface area (Å²) in [5.41, 5.74) is 1.04. The van der Waals surface area contributed by atoms with E-state index in [1.165, 1.54) is 38.5 Å². The molecule has 1 aromatic carbocycles. The van der Waals surface area contributed by atoms with Crippen molar-refractivity contribution in [2.45, 2.75) is 83.7 Å². The number of benzene rings is 1. The van der Waals surface area contributed by atoms with Gasteiger partial charge in [0.1, 0.15) is 11.9 Å². The van der Waals surface area contributed by atoms with Gasteiger partial charge >= 0.3 is 5.97 Å². The van der Waals surface area contributed by atoms with Gasteiger partial charge in [-0.3, -0.25) is 4.79 Å². The van der Waals surface area contributed by atoms with Crippen LogP contribution in [0.15, 0.2) is 24.3 Å². The van der Waals surface area contributed by atoms with Crippen LogP contribution in [0.2, 0.25) is 0 Å². The Labute approximate surface area is 146 Å². The molecule has 3 nitrogen and oxygen atoms in total. The third-order valence-electron chi connectivity index (χ3n) is 4.82. The van der Waals surface area contributed by atoms with E-state index in [1.807, 2.05) is 31.2 Å². The maximum Gasteiger partial charge on any atom is 0.313 e. The Bertz CT molecular complexity index is 480. The number of cyclic esters (lactones) is 1. The van der Waals surface area contributed by atoms with Crippen LogP contribution in [0.3, 0.4) is 0 Å². The number of rotatable bonds is 10. The van der Waals surface area contributed by atoms with Gasteiger partial charge in [0.15, 0.2) is 0 Å². The molecule has 1 fully saturated rings. The lowest BCUT2D eigenvalue weighted by atomic mass is 9.89. The van der Waals surface area contributed by atoms with Gasteiger partial charge in [0, 0.05) is 0 Å². The summed E-state index contributed by atoms with van der Waals surface area (Å²) < 4.78 is 11.1. The van der Waals surface area contributed by atoms with Crippen LogP contribution in [-0.2, 0) is 9.53 Å². The summed E-state index contributed by atoms with van der Waals surface area (Å²) in [6.45, 7) is 4.86. The molecule has 2 unspecified atom stereocenters. The van der Waals surface area contributed by atoms with Crippen molar-refractivity contribution in [1.82, 2.24) is 0 Å². The molecule has 1 aromatic rings. The van der Waals surface area contributed by atoms with E-state index in [4.69, 9.17) is 9.47 Å². The molecule has 1 aliphatic heterocycles. The van der Waals surface area contributed by atoms with E-state index < -0.39 is 0 Å². The molecule has 1 heterocycles. The summed E-state index contributed by atoms with van der Waals surface area (Å²) in [6, 6.07) is 7.86. The highest BCUT2D eigenvalue weighted by molar-refractivity contribution is 5.79. The summed E-state index contributed by atoms with van der Waals surface area (Å²) in [4.78, 5) is 12.3. The molecule has 0 N–H and O–H groups in total. The fourth-order valence-electron chi connectivity index (χ4n) is 3.40. The van der Waals surface area contributed by atoms with Crippen LogP contribution in [0.4, 0.5) is 0 Å². The zero-order valence-corrected chi connectivity index (χ0v) is 15.3. The van der Waals surface area contributed by atoms with Gasteiger partial charge in [-0.2, -0.15) is 0 Å². The minimum absolute atomic E-state index is 0.0543. The van der Waals surface area contributed by atoms with Gasteiger partial charge in [-0.1, -0.05) is 51.2 Å². The number of hydrogen-bond acceptors (Lipinski definition) is 3. The Hall–Kier alpha value is -1.51. The van der Waals surface area contributed by atoms with Crippen molar-refractivity contribution < 1.29 is 14.3 Å². The second kappa shape index (κ2) is 10.4. The topological polar surface area (TPSA) is 35.5 Å². The maximum absolute atomic E-state index is 12.3. The summed E-state index contributed by atoms with van der Waals surface area (Å²) in [5.74, 6) is 0.689. The lowest BCUT2D eigenvalue weighted by Crippen LogP contribution is -2.29. The molecule has 0 saturated carbocycles. The second-order valence-corrected chi connectivity index (χ2v) is 6.75. The van der Waals surface area contributed by atoms with Crippen LogP contribution in [0.25, 0.3) is 0 Å². The van der Waals surface area contributed by atoms with Crippen LogP contribution in [0.1, 0.15) is 83.1 Å². The summed E-state index contributed by atoms with van der Waals surface area (Å²) >= 11 is 0. The zero-order valence-electron chi connectivity index (χ0n) is 15.3. The maximum atomic E-state index is 12.3. The molecule has 0 aliphatic carbocycles. The molecule has 1 saturated heterocycles. The fraction of sp³-hybridized carbons (Fsp3) is 0.667. The third-order valence-corrected chi connectivity index (χ3v) is 4.82. The van der Waals surface area contributed by atoms with Crippen molar-refractivity contribution in [2.24, 2.45) is 0 Å². The summed E-state index contributed by atoms with van der Waals surface area (Å²) in [5, 5.41) is 0. The number of carbonyl (C=O) groups excluding carboxylic acids is 1. The minimum Gasteiger partial charge on any atom is -0.494 e. The van der Waals surface area contributed by atoms with E-state index in [1.54, 1.807) is 0 Å². The van der Waals surface area contributed by atoms with Crippen LogP contribution >= 0.6 is 0 Å². The quantitative estimate of drug-likeness (QED) is 0.412. The van der Waals surface area contributed by atoms with Gasteiger partial charge in [0.2, 0.25) is 0 Å². The van der Waals surface area contributed by atoms with Crippen molar-refractivity contribution in [3.05, 3.63) is 29.8 Å². The number of ether oxygens (including phenoxy) is 2. The fourth-order valence-corrected chi connectivity index (χ4v) is 3.40. The molecular formula is C21H32O3. The lowest BCUT2D eigenvalue weighted by molar-refractivity contribution is -0.156. The van der Waals surface area contributed by atoms with Gasteiger partial charge in [-0.25, -0.2) is 0 Å². The molecule has 24 heavy (non-hydrogen) atoms. The molecule has 0 amide bonds. The zero-order chi connectivity index (χ0) is 17.2. The molecular weight excluding hydrogens is 300 g/mol. The second-order valence-electron chi connectivity index (χ2n) is 6.75. The highest BCUT2D eigenvalue weighted by atomic mass is 16.5. The molecule has 2 rings (SSSR count). The number of unbranched alkanes of at least 4 members (excludes halogenated alkanes) is 5. The predicted molar refractivity (Wildman–Crippen MR) is 97.5 cm³/mol. The molecule has 0 aromatic heterocycles. The molecule has 134 valence electrons. The normalized spacial score (nSPS) is 20.7. The molecule has 0 spiro atoms. The van der Waals surface area contributed by atoms with E-state index in [0.717, 1.165) is 30.6 Å². The summed E-state index contributed by atoms with van der Waals surface area (Å²) in [6.07, 6.45) is 10.7. The Morgan fingerprint density at radius 3 is 2.38 bits per heavy atom. The molecule has 2 atom stereocenters. The van der Waals surface area contributed by atoms with Gasteiger partial charge in [0.25, 0.3) is 0 Å². The monoisotopic (exact) mass is 332 g/mol. The first-order valence-corrected chi connectivity index (χ1v) is 9.67. The SMILES string of the molecule is CCCCCCCCC1CCC(c2ccc(OCC)cc2)C(=O)O1. The van der Waals surface area contributed by atoms with E-state index in [-0.39, 0.29) is 18.0 Å². The first kappa shape index (κ1) is 18.8. The summed E-state index contributed by atoms with van der Waals surface area (Å²) in [7, 11) is 0. The first-order valence-electron chi connectivity index (χ1n) is 9.67. The Morgan fingerprint density at radius 1 is 1.00 bits per heavy atom.